The van der Waals surface area contributed by atoms with Gasteiger partial charge >= 0.3 is 5.97 Å². The molecule has 2 aromatic rings. The van der Waals surface area contributed by atoms with Crippen LogP contribution in [0.5, 0.6) is 11.5 Å². The number of thioether (sulfide) groups is 1. The number of carbonyl (C=O) groups is 3. The van der Waals surface area contributed by atoms with Gasteiger partial charge in [-0.15, -0.1) is 11.8 Å². The number of esters is 1. The number of aryl methyl sites for hydroxylation is 1. The topological polar surface area (TPSA) is 89.9 Å². The maximum absolute atomic E-state index is 12.7. The molecular formula is C27H32O6S. The van der Waals surface area contributed by atoms with Crippen LogP contribution >= 0.6 is 11.8 Å². The van der Waals surface area contributed by atoms with Crippen LogP contribution in [0.15, 0.2) is 35.2 Å². The largest absolute Gasteiger partial charge is 0.507 e. The lowest BCUT2D eigenvalue weighted by atomic mass is 9.81. The lowest BCUT2D eigenvalue weighted by Crippen LogP contribution is -2.25. The number of Topliss-reactive ketones (excluding diaryl/α,β-unsaturated/α-hetero) is 2. The first-order chi connectivity index (χ1) is 16.3. The molecule has 0 amide bonds. The van der Waals surface area contributed by atoms with E-state index in [9.17, 15) is 19.5 Å². The Morgan fingerprint density at radius 2 is 2.00 bits per heavy atom. The number of rotatable bonds is 11. The van der Waals surface area contributed by atoms with Crippen molar-refractivity contribution < 1.29 is 29.0 Å². The normalized spacial score (nSPS) is 15.0. The molecule has 0 aromatic heterocycles. The molecule has 0 spiro atoms. The van der Waals surface area contributed by atoms with E-state index in [4.69, 9.17) is 9.47 Å². The van der Waals surface area contributed by atoms with Gasteiger partial charge in [0.05, 0.1) is 25.7 Å². The van der Waals surface area contributed by atoms with Gasteiger partial charge in [-0.05, 0) is 62.4 Å². The van der Waals surface area contributed by atoms with E-state index in [1.807, 2.05) is 19.1 Å². The number of hydrogen-bond acceptors (Lipinski definition) is 7. The molecule has 1 aliphatic carbocycles. The Bertz CT molecular complexity index is 1060. The van der Waals surface area contributed by atoms with Crippen LogP contribution in [0.2, 0.25) is 0 Å². The van der Waals surface area contributed by atoms with Crippen LogP contribution in [0.1, 0.15) is 71.4 Å². The number of carbonyl (C=O) groups excluding carboxylic acids is 3. The van der Waals surface area contributed by atoms with Crippen LogP contribution in [-0.2, 0) is 22.4 Å². The quantitative estimate of drug-likeness (QED) is 0.197. The lowest BCUT2D eigenvalue weighted by molar-refractivity contribution is -0.141. The Kier molecular flexibility index (Phi) is 9.16. The summed E-state index contributed by atoms with van der Waals surface area (Å²) in [6.07, 6.45) is 3.87. The summed E-state index contributed by atoms with van der Waals surface area (Å²) in [6, 6.07) is 9.29. The first-order valence-corrected chi connectivity index (χ1v) is 12.7. The fourth-order valence-electron chi connectivity index (χ4n) is 4.23. The Hall–Kier alpha value is -2.80. The summed E-state index contributed by atoms with van der Waals surface area (Å²) in [6.45, 7) is 3.97. The summed E-state index contributed by atoms with van der Waals surface area (Å²) in [7, 11) is 1.34. The van der Waals surface area contributed by atoms with E-state index < -0.39 is 0 Å². The molecule has 0 heterocycles. The van der Waals surface area contributed by atoms with Crippen molar-refractivity contribution in [3.63, 3.8) is 0 Å². The third-order valence-electron chi connectivity index (χ3n) is 6.05. The highest BCUT2D eigenvalue weighted by Gasteiger charge is 2.29. The maximum atomic E-state index is 12.7. The van der Waals surface area contributed by atoms with Crippen molar-refractivity contribution in [3.8, 4) is 11.5 Å². The zero-order chi connectivity index (χ0) is 24.7. The van der Waals surface area contributed by atoms with Crippen LogP contribution < -0.4 is 4.74 Å². The summed E-state index contributed by atoms with van der Waals surface area (Å²) < 4.78 is 10.6. The predicted molar refractivity (Wildman–Crippen MR) is 132 cm³/mol. The second-order valence-electron chi connectivity index (χ2n) is 8.49. The third kappa shape index (κ3) is 6.20. The van der Waals surface area contributed by atoms with Gasteiger partial charge in [-0.2, -0.15) is 0 Å². The average molecular weight is 485 g/mol. The van der Waals surface area contributed by atoms with Crippen LogP contribution in [-0.4, -0.2) is 42.1 Å². The minimum atomic E-state index is -0.344. The minimum Gasteiger partial charge on any atom is -0.507 e. The molecule has 0 aliphatic heterocycles. The molecular weight excluding hydrogens is 452 g/mol. The monoisotopic (exact) mass is 484 g/mol. The average Bonchev–Trinajstić information content (AvgIpc) is 2.82. The van der Waals surface area contributed by atoms with Crippen molar-refractivity contribution in [1.29, 1.82) is 0 Å². The van der Waals surface area contributed by atoms with Crippen molar-refractivity contribution in [1.82, 2.24) is 0 Å². The smallest absolute Gasteiger partial charge is 0.306 e. The molecule has 6 nitrogen and oxygen atoms in total. The van der Waals surface area contributed by atoms with Crippen molar-refractivity contribution in [2.75, 3.05) is 19.5 Å². The van der Waals surface area contributed by atoms with Crippen molar-refractivity contribution in [2.24, 2.45) is 5.92 Å². The van der Waals surface area contributed by atoms with E-state index in [-0.39, 0.29) is 35.6 Å². The summed E-state index contributed by atoms with van der Waals surface area (Å²) in [5.41, 5.74) is 2.77. The Labute approximate surface area is 205 Å². The van der Waals surface area contributed by atoms with E-state index in [1.165, 1.54) is 14.0 Å². The van der Waals surface area contributed by atoms with Gasteiger partial charge in [-0.3, -0.25) is 14.4 Å². The number of hydrogen-bond donors (Lipinski definition) is 1. The van der Waals surface area contributed by atoms with Crippen LogP contribution in [0.3, 0.4) is 0 Å². The number of ketones is 2. The lowest BCUT2D eigenvalue weighted by Gasteiger charge is -2.23. The molecule has 0 fully saturated rings. The zero-order valence-electron chi connectivity index (χ0n) is 20.0. The molecule has 3 rings (SSSR count). The van der Waals surface area contributed by atoms with Gasteiger partial charge in [0.15, 0.2) is 11.6 Å². The highest BCUT2D eigenvalue weighted by atomic mass is 32.2. The summed E-state index contributed by atoms with van der Waals surface area (Å²) in [4.78, 5) is 37.1. The van der Waals surface area contributed by atoms with Gasteiger partial charge in [0.25, 0.3) is 0 Å². The number of phenolic OH excluding ortho intramolecular Hbond substituents is 1. The second kappa shape index (κ2) is 12.1. The molecule has 0 radical (unpaired) electrons. The Morgan fingerprint density at radius 1 is 1.21 bits per heavy atom. The summed E-state index contributed by atoms with van der Waals surface area (Å²) >= 11 is 1.71. The van der Waals surface area contributed by atoms with Gasteiger partial charge < -0.3 is 14.6 Å². The molecule has 34 heavy (non-hydrogen) atoms. The fraction of sp³-hybridized carbons (Fsp3) is 0.444. The van der Waals surface area contributed by atoms with E-state index in [2.05, 4.69) is 6.07 Å². The number of phenols is 1. The van der Waals surface area contributed by atoms with Crippen molar-refractivity contribution in [3.05, 3.63) is 52.6 Å². The highest BCUT2D eigenvalue weighted by molar-refractivity contribution is 7.99. The second-order valence-corrected chi connectivity index (χ2v) is 9.66. The molecule has 182 valence electrons. The van der Waals surface area contributed by atoms with E-state index in [0.29, 0.717) is 41.9 Å². The molecule has 0 bridgehead atoms. The molecule has 1 atom stereocenters. The van der Waals surface area contributed by atoms with Gasteiger partial charge in [-0.1, -0.05) is 19.4 Å². The molecule has 0 saturated heterocycles. The number of aromatic hydroxyl groups is 1. The van der Waals surface area contributed by atoms with Gasteiger partial charge in [0.2, 0.25) is 0 Å². The molecule has 7 heteroatoms. The third-order valence-corrected chi connectivity index (χ3v) is 7.13. The Balaban J connectivity index is 1.53. The van der Waals surface area contributed by atoms with Crippen LogP contribution in [0.4, 0.5) is 0 Å². The van der Waals surface area contributed by atoms with Gasteiger partial charge in [0.1, 0.15) is 11.5 Å². The molecule has 1 N–H and O–H groups in total. The summed E-state index contributed by atoms with van der Waals surface area (Å²) in [5.74, 6) is 0.724. The van der Waals surface area contributed by atoms with E-state index in [0.717, 1.165) is 35.5 Å². The van der Waals surface area contributed by atoms with E-state index in [1.54, 1.807) is 23.9 Å². The SMILES string of the molecule is CCCc1c(OCCCSc2ccc3c(c2)CCC(CC(=O)OC)C3=O)ccc(C(C)=O)c1O. The fourth-order valence-corrected chi connectivity index (χ4v) is 5.11. The van der Waals surface area contributed by atoms with E-state index >= 15 is 0 Å². The number of ether oxygens (including phenoxy) is 2. The molecule has 2 aromatic carbocycles. The number of methoxy groups -OCH3 is 1. The molecule has 1 aliphatic rings. The molecule has 0 saturated carbocycles. The standard InChI is InChI=1S/C27H32O6S/c1-4-6-23-24(12-11-21(17(2)28)27(23)31)33-13-5-14-34-20-9-10-22-18(15-20)7-8-19(26(22)30)16-25(29)32-3/h9-12,15,19,31H,4-8,13-14,16H2,1-3H3. The van der Waals surface area contributed by atoms with Crippen LogP contribution in [0, 0.1) is 5.92 Å². The number of fused-ring (bicyclic) bond motifs is 1. The first-order valence-electron chi connectivity index (χ1n) is 11.7. The minimum absolute atomic E-state index is 0.0264. The highest BCUT2D eigenvalue weighted by Crippen LogP contribution is 2.34. The summed E-state index contributed by atoms with van der Waals surface area (Å²) in [5, 5.41) is 10.5. The first kappa shape index (κ1) is 25.8. The predicted octanol–water partition coefficient (Wildman–Crippen LogP) is 5.42. The molecule has 1 unspecified atom stereocenters. The Morgan fingerprint density at radius 3 is 2.71 bits per heavy atom. The van der Waals surface area contributed by atoms with Gasteiger partial charge in [-0.25, -0.2) is 0 Å². The van der Waals surface area contributed by atoms with Crippen molar-refractivity contribution in [2.45, 2.75) is 57.3 Å². The van der Waals surface area contributed by atoms with Crippen molar-refractivity contribution >= 4 is 29.3 Å². The zero-order valence-corrected chi connectivity index (χ0v) is 20.8. The maximum Gasteiger partial charge on any atom is 0.306 e. The van der Waals surface area contributed by atoms with Gasteiger partial charge in [0, 0.05) is 27.7 Å². The number of benzene rings is 2. The van der Waals surface area contributed by atoms with Crippen LogP contribution in [0.25, 0.3) is 0 Å².